The molecular weight excluding hydrogens is 192 g/mol. The first-order valence-corrected chi connectivity index (χ1v) is 5.67. The monoisotopic (exact) mass is 202 g/mol. The molecule has 0 radical (unpaired) electrons. The van der Waals surface area contributed by atoms with Crippen LogP contribution in [-0.2, 0) is 10.2 Å². The van der Waals surface area contributed by atoms with E-state index in [1.807, 2.05) is 12.1 Å². The molecule has 1 fully saturated rings. The van der Waals surface area contributed by atoms with Crippen LogP contribution in [0.2, 0.25) is 0 Å². The van der Waals surface area contributed by atoms with Gasteiger partial charge in [-0.1, -0.05) is 18.2 Å². The number of carbonyl (C=O) groups excluding carboxylic acids is 1. The van der Waals surface area contributed by atoms with Gasteiger partial charge in [-0.15, -0.1) is 11.3 Å². The molecule has 14 heavy (non-hydrogen) atoms. The van der Waals surface area contributed by atoms with Crippen LogP contribution in [0.3, 0.4) is 0 Å². The molecule has 1 saturated carbocycles. The normalized spacial score (nSPS) is 18.3. The van der Waals surface area contributed by atoms with Gasteiger partial charge in [-0.25, -0.2) is 0 Å². The van der Waals surface area contributed by atoms with E-state index < -0.39 is 0 Å². The van der Waals surface area contributed by atoms with Gasteiger partial charge in [0.25, 0.3) is 0 Å². The number of hydrogen-bond donors (Lipinski definition) is 0. The van der Waals surface area contributed by atoms with Crippen molar-refractivity contribution < 1.29 is 4.79 Å². The van der Waals surface area contributed by atoms with Gasteiger partial charge in [0.15, 0.2) is 0 Å². The van der Waals surface area contributed by atoms with Gasteiger partial charge in [0.2, 0.25) is 0 Å². The Morgan fingerprint density at radius 2 is 2.07 bits per heavy atom. The molecule has 1 aromatic carbocycles. The average Bonchev–Trinajstić information content (AvgIpc) is 2.91. The van der Waals surface area contributed by atoms with Gasteiger partial charge in [0.1, 0.15) is 6.29 Å². The summed E-state index contributed by atoms with van der Waals surface area (Å²) >= 11 is 1.74. The molecule has 0 bridgehead atoms. The minimum atomic E-state index is -0.125. The molecule has 0 atom stereocenters. The van der Waals surface area contributed by atoms with Crippen LogP contribution in [0.1, 0.15) is 18.4 Å². The largest absolute Gasteiger partial charge is 0.302 e. The van der Waals surface area contributed by atoms with Crippen molar-refractivity contribution in [1.29, 1.82) is 0 Å². The van der Waals surface area contributed by atoms with Crippen molar-refractivity contribution in [3.05, 3.63) is 35.2 Å². The first kappa shape index (κ1) is 8.18. The molecule has 1 aliphatic rings. The van der Waals surface area contributed by atoms with Gasteiger partial charge in [0, 0.05) is 4.70 Å². The van der Waals surface area contributed by atoms with Crippen molar-refractivity contribution >= 4 is 27.7 Å². The lowest BCUT2D eigenvalue weighted by Gasteiger charge is -2.04. The summed E-state index contributed by atoms with van der Waals surface area (Å²) in [5.41, 5.74) is 1.12. The lowest BCUT2D eigenvalue weighted by atomic mass is 9.97. The second-order valence-corrected chi connectivity index (χ2v) is 4.83. The molecule has 1 aromatic heterocycles. The van der Waals surface area contributed by atoms with Gasteiger partial charge in [-0.05, 0) is 35.2 Å². The molecule has 1 aliphatic carbocycles. The SMILES string of the molecule is O=CC1(c2csc3ccccc23)CC1. The number of rotatable bonds is 2. The van der Waals surface area contributed by atoms with Crippen molar-refractivity contribution in [1.82, 2.24) is 0 Å². The zero-order chi connectivity index (χ0) is 9.60. The summed E-state index contributed by atoms with van der Waals surface area (Å²) in [5, 5.41) is 3.41. The maximum Gasteiger partial charge on any atom is 0.130 e. The summed E-state index contributed by atoms with van der Waals surface area (Å²) in [6.07, 6.45) is 3.18. The van der Waals surface area contributed by atoms with E-state index in [1.54, 1.807) is 11.3 Å². The molecule has 0 aliphatic heterocycles. The number of thiophene rings is 1. The zero-order valence-electron chi connectivity index (χ0n) is 7.69. The Balaban J connectivity index is 2.27. The summed E-state index contributed by atoms with van der Waals surface area (Å²) < 4.78 is 1.29. The topological polar surface area (TPSA) is 17.1 Å². The highest BCUT2D eigenvalue weighted by molar-refractivity contribution is 7.17. The Hall–Kier alpha value is -1.15. The quantitative estimate of drug-likeness (QED) is 0.684. The Morgan fingerprint density at radius 1 is 1.29 bits per heavy atom. The molecule has 0 saturated heterocycles. The molecule has 0 N–H and O–H groups in total. The number of benzene rings is 1. The number of hydrogen-bond acceptors (Lipinski definition) is 2. The number of aldehydes is 1. The Morgan fingerprint density at radius 3 is 2.79 bits per heavy atom. The smallest absolute Gasteiger partial charge is 0.130 e. The molecule has 0 amide bonds. The molecule has 70 valence electrons. The van der Waals surface area contributed by atoms with Crippen LogP contribution in [0, 0.1) is 0 Å². The fourth-order valence-corrected chi connectivity index (χ4v) is 3.02. The molecule has 0 spiro atoms. The Bertz CT molecular complexity index is 494. The van der Waals surface area contributed by atoms with Crippen LogP contribution in [0.15, 0.2) is 29.6 Å². The van der Waals surface area contributed by atoms with E-state index in [0.717, 1.165) is 19.1 Å². The van der Waals surface area contributed by atoms with Crippen LogP contribution in [0.25, 0.3) is 10.1 Å². The number of fused-ring (bicyclic) bond motifs is 1. The second-order valence-electron chi connectivity index (χ2n) is 3.92. The third-order valence-corrected chi connectivity index (χ3v) is 4.00. The highest BCUT2D eigenvalue weighted by Gasteiger charge is 2.45. The Kier molecular flexibility index (Phi) is 1.56. The fraction of sp³-hybridized carbons (Fsp3) is 0.250. The highest BCUT2D eigenvalue weighted by Crippen LogP contribution is 2.50. The lowest BCUT2D eigenvalue weighted by molar-refractivity contribution is -0.109. The van der Waals surface area contributed by atoms with Crippen molar-refractivity contribution in [3.63, 3.8) is 0 Å². The lowest BCUT2D eigenvalue weighted by Crippen LogP contribution is -2.06. The van der Waals surface area contributed by atoms with Crippen molar-refractivity contribution in [2.75, 3.05) is 0 Å². The zero-order valence-corrected chi connectivity index (χ0v) is 8.51. The third kappa shape index (κ3) is 0.976. The van der Waals surface area contributed by atoms with Crippen molar-refractivity contribution in [3.8, 4) is 0 Å². The molecule has 3 rings (SSSR count). The molecule has 0 unspecified atom stereocenters. The van der Waals surface area contributed by atoms with Crippen LogP contribution < -0.4 is 0 Å². The standard InChI is InChI=1S/C12H10OS/c13-8-12(5-6-12)10-7-14-11-4-2-1-3-9(10)11/h1-4,7-8H,5-6H2. The molecular formula is C12H10OS. The second kappa shape index (κ2) is 2.67. The van der Waals surface area contributed by atoms with Crippen molar-refractivity contribution in [2.45, 2.75) is 18.3 Å². The van der Waals surface area contributed by atoms with E-state index in [2.05, 4.69) is 17.5 Å². The van der Waals surface area contributed by atoms with Gasteiger partial charge in [0.05, 0.1) is 5.41 Å². The van der Waals surface area contributed by atoms with Crippen LogP contribution >= 0.6 is 11.3 Å². The van der Waals surface area contributed by atoms with Gasteiger partial charge in [-0.2, -0.15) is 0 Å². The van der Waals surface area contributed by atoms with Crippen LogP contribution in [-0.4, -0.2) is 6.29 Å². The minimum absolute atomic E-state index is 0.125. The molecule has 1 heterocycles. The average molecular weight is 202 g/mol. The highest BCUT2D eigenvalue weighted by atomic mass is 32.1. The molecule has 2 aromatic rings. The van der Waals surface area contributed by atoms with Crippen LogP contribution in [0.5, 0.6) is 0 Å². The van der Waals surface area contributed by atoms with Crippen molar-refractivity contribution in [2.24, 2.45) is 0 Å². The third-order valence-electron chi connectivity index (χ3n) is 3.03. The minimum Gasteiger partial charge on any atom is -0.302 e. The summed E-state index contributed by atoms with van der Waals surface area (Å²) in [4.78, 5) is 11.0. The predicted molar refractivity (Wildman–Crippen MR) is 58.8 cm³/mol. The van der Waals surface area contributed by atoms with E-state index >= 15 is 0 Å². The first-order chi connectivity index (χ1) is 6.86. The summed E-state index contributed by atoms with van der Waals surface area (Å²) in [7, 11) is 0. The maximum absolute atomic E-state index is 11.0. The summed E-state index contributed by atoms with van der Waals surface area (Å²) in [6.45, 7) is 0. The van der Waals surface area contributed by atoms with Gasteiger partial charge in [-0.3, -0.25) is 0 Å². The van der Waals surface area contributed by atoms with E-state index in [0.29, 0.717) is 0 Å². The fourth-order valence-electron chi connectivity index (χ4n) is 1.95. The number of carbonyl (C=O) groups is 1. The molecule has 1 nitrogen and oxygen atoms in total. The van der Waals surface area contributed by atoms with E-state index in [-0.39, 0.29) is 5.41 Å². The maximum atomic E-state index is 11.0. The van der Waals surface area contributed by atoms with Crippen LogP contribution in [0.4, 0.5) is 0 Å². The summed E-state index contributed by atoms with van der Waals surface area (Å²) in [6, 6.07) is 8.32. The molecule has 2 heteroatoms. The van der Waals surface area contributed by atoms with Gasteiger partial charge >= 0.3 is 0 Å². The predicted octanol–water partition coefficient (Wildman–Crippen LogP) is 3.13. The van der Waals surface area contributed by atoms with E-state index in [1.165, 1.54) is 15.6 Å². The summed E-state index contributed by atoms with van der Waals surface area (Å²) in [5.74, 6) is 0. The van der Waals surface area contributed by atoms with Gasteiger partial charge < -0.3 is 4.79 Å². The van der Waals surface area contributed by atoms with E-state index in [4.69, 9.17) is 0 Å². The Labute approximate surface area is 86.4 Å². The van der Waals surface area contributed by atoms with E-state index in [9.17, 15) is 4.79 Å². The first-order valence-electron chi connectivity index (χ1n) is 4.79.